The zero-order chi connectivity index (χ0) is 60.7. The van der Waals surface area contributed by atoms with Gasteiger partial charge in [-0.05, 0) is 102 Å². The lowest BCUT2D eigenvalue weighted by Crippen LogP contribution is -2.47. The first kappa shape index (κ1) is 80.2. The summed E-state index contributed by atoms with van der Waals surface area (Å²) in [4.78, 5) is 37.9. The lowest BCUT2D eigenvalue weighted by molar-refractivity contribution is -0.870. The van der Waals surface area contributed by atoms with E-state index in [-0.39, 0.29) is 31.5 Å². The average Bonchev–Trinajstić information content (AvgIpc) is 3.46. The summed E-state index contributed by atoms with van der Waals surface area (Å²) in [6.07, 6.45) is 83.0. The number of phosphoric acid groups is 1. The number of hydrogen-bond donors (Lipinski definition) is 2. The standard InChI is InChI=1S/C73H133N2O7P/c1-7-10-13-16-19-22-25-28-30-32-34-36-37-39-40-42-44-47-50-53-56-59-62-65-72(76)74-70(69-81-83(78,79)80-68-67-75(4,5)6)71(64-61-58-55-52-49-46-27-24-21-18-15-12-9-3)82-73(77)66-63-60-57-54-51-48-45-43-41-38-35-33-31-29-26-23-20-17-14-11-8-2/h10,13,19,22,28-31,34,36,39-40,61,64,70-71H,7-9,11-12,14-18,20-21,23-27,32-33,35,37-38,41-60,62-63,65-69H2,1-6H3,(H-,74,76,78,79)/p+1/b13-10-,22-19-,30-28-,31-29+,36-34-,40-39-,64-61+. The molecule has 0 aliphatic heterocycles. The number of carbonyl (C=O) groups excluding carboxylic acids is 2. The molecule has 0 aliphatic rings. The molecule has 0 fully saturated rings. The Morgan fingerprint density at radius 3 is 1.17 bits per heavy atom. The van der Waals surface area contributed by atoms with Gasteiger partial charge in [-0.15, -0.1) is 0 Å². The van der Waals surface area contributed by atoms with Gasteiger partial charge < -0.3 is 19.4 Å². The summed E-state index contributed by atoms with van der Waals surface area (Å²) in [6.45, 7) is 6.92. The number of carbonyl (C=O) groups is 2. The minimum absolute atomic E-state index is 0.0353. The third kappa shape index (κ3) is 63.5. The van der Waals surface area contributed by atoms with Gasteiger partial charge in [-0.25, -0.2) is 4.57 Å². The topological polar surface area (TPSA) is 111 Å². The Balaban J connectivity index is 5.17. The van der Waals surface area contributed by atoms with Crippen LogP contribution in [0.5, 0.6) is 0 Å². The number of unbranched alkanes of at least 4 members (excludes halogenated alkanes) is 35. The molecule has 9 nitrogen and oxygen atoms in total. The molecule has 0 aromatic carbocycles. The third-order valence-electron chi connectivity index (χ3n) is 15.3. The second kappa shape index (κ2) is 62.2. The second-order valence-corrected chi connectivity index (χ2v) is 26.1. The van der Waals surface area contributed by atoms with Crippen molar-refractivity contribution < 1.29 is 37.3 Å². The van der Waals surface area contributed by atoms with Crippen molar-refractivity contribution in [2.24, 2.45) is 0 Å². The molecule has 482 valence electrons. The molecule has 0 spiro atoms. The number of rotatable bonds is 63. The van der Waals surface area contributed by atoms with E-state index in [1.807, 2.05) is 33.3 Å². The smallest absolute Gasteiger partial charge is 0.456 e. The average molecular weight is 1180 g/mol. The molecule has 3 unspecified atom stereocenters. The highest BCUT2D eigenvalue weighted by Crippen LogP contribution is 2.43. The summed E-state index contributed by atoms with van der Waals surface area (Å²) in [5.74, 6) is -0.512. The predicted molar refractivity (Wildman–Crippen MR) is 360 cm³/mol. The van der Waals surface area contributed by atoms with Crippen molar-refractivity contribution in [2.75, 3.05) is 40.9 Å². The molecule has 0 rings (SSSR count). The van der Waals surface area contributed by atoms with Gasteiger partial charge in [0, 0.05) is 12.8 Å². The van der Waals surface area contributed by atoms with Crippen LogP contribution in [0.25, 0.3) is 0 Å². The first-order valence-corrected chi connectivity index (χ1v) is 36.4. The molecule has 3 atom stereocenters. The van der Waals surface area contributed by atoms with E-state index in [4.69, 9.17) is 13.8 Å². The van der Waals surface area contributed by atoms with Crippen LogP contribution in [0.3, 0.4) is 0 Å². The van der Waals surface area contributed by atoms with Gasteiger partial charge >= 0.3 is 13.8 Å². The fourth-order valence-corrected chi connectivity index (χ4v) is 10.7. The maximum Gasteiger partial charge on any atom is 0.472 e. The maximum absolute atomic E-state index is 13.6. The Morgan fingerprint density at radius 1 is 0.434 bits per heavy atom. The largest absolute Gasteiger partial charge is 0.472 e. The minimum atomic E-state index is -4.46. The monoisotopic (exact) mass is 1180 g/mol. The lowest BCUT2D eigenvalue weighted by atomic mass is 10.0. The normalized spacial score (nSPS) is 14.1. The fraction of sp³-hybridized carbons (Fsp3) is 0.781. The van der Waals surface area contributed by atoms with Gasteiger partial charge in [-0.2, -0.15) is 0 Å². The molecule has 0 heterocycles. The minimum Gasteiger partial charge on any atom is -0.456 e. The summed E-state index contributed by atoms with van der Waals surface area (Å²) >= 11 is 0. The van der Waals surface area contributed by atoms with Crippen molar-refractivity contribution in [2.45, 2.75) is 328 Å². The highest BCUT2D eigenvalue weighted by molar-refractivity contribution is 7.47. The Hall–Kier alpha value is -2.81. The summed E-state index contributed by atoms with van der Waals surface area (Å²) in [7, 11) is 1.49. The zero-order valence-corrected chi connectivity index (χ0v) is 56.1. The number of nitrogens with one attached hydrogen (secondary N) is 1. The Kier molecular flexibility index (Phi) is 60.1. The molecular formula is C73H134N2O7P+. The van der Waals surface area contributed by atoms with Crippen molar-refractivity contribution in [3.8, 4) is 0 Å². The first-order valence-electron chi connectivity index (χ1n) is 34.9. The van der Waals surface area contributed by atoms with Gasteiger partial charge in [-0.3, -0.25) is 18.6 Å². The fourth-order valence-electron chi connectivity index (χ4n) is 9.96. The van der Waals surface area contributed by atoms with Gasteiger partial charge in [0.15, 0.2) is 0 Å². The molecule has 10 heteroatoms. The Labute approximate surface area is 514 Å². The summed E-state index contributed by atoms with van der Waals surface area (Å²) < 4.78 is 30.8. The van der Waals surface area contributed by atoms with Crippen LogP contribution in [0.1, 0.15) is 316 Å². The number of phosphoric ester groups is 1. The van der Waals surface area contributed by atoms with Crippen molar-refractivity contribution in [3.05, 3.63) is 85.1 Å². The van der Waals surface area contributed by atoms with Crippen molar-refractivity contribution in [1.29, 1.82) is 0 Å². The van der Waals surface area contributed by atoms with Crippen molar-refractivity contribution in [3.63, 3.8) is 0 Å². The highest BCUT2D eigenvalue weighted by Gasteiger charge is 2.30. The molecule has 0 saturated carbocycles. The van der Waals surface area contributed by atoms with Crippen LogP contribution in [0.2, 0.25) is 0 Å². The van der Waals surface area contributed by atoms with Crippen LogP contribution in [0, 0.1) is 0 Å². The van der Waals surface area contributed by atoms with E-state index in [1.54, 1.807) is 0 Å². The van der Waals surface area contributed by atoms with E-state index < -0.39 is 20.0 Å². The van der Waals surface area contributed by atoms with Crippen molar-refractivity contribution >= 4 is 19.7 Å². The molecule has 2 N–H and O–H groups in total. The summed E-state index contributed by atoms with van der Waals surface area (Å²) in [5, 5.41) is 3.07. The molecule has 1 amide bonds. The highest BCUT2D eigenvalue weighted by atomic mass is 31.2. The van der Waals surface area contributed by atoms with Gasteiger partial charge in [0.05, 0.1) is 33.8 Å². The van der Waals surface area contributed by atoms with Crippen LogP contribution in [-0.4, -0.2) is 74.3 Å². The summed E-state index contributed by atoms with van der Waals surface area (Å²) in [5.41, 5.74) is 0. The molecule has 83 heavy (non-hydrogen) atoms. The molecule has 0 aliphatic carbocycles. The SMILES string of the molecule is CC/C=C\C/C=C\C/C=C\C/C=C\C/C=C\CCCCCCCCCC(=O)NC(COP(=O)(O)OCC[N+](C)(C)C)C(/C=C/CCCCCCCCCCCCC)OC(=O)CCCCCCCCCCCCC/C=C/CCCCCCCC. The van der Waals surface area contributed by atoms with Gasteiger partial charge in [0.2, 0.25) is 5.91 Å². The number of esters is 1. The van der Waals surface area contributed by atoms with Crippen LogP contribution >= 0.6 is 7.82 Å². The van der Waals surface area contributed by atoms with E-state index in [1.165, 1.54) is 180 Å². The number of likely N-dealkylation sites (N-methyl/N-ethyl adjacent to an activating group) is 1. The van der Waals surface area contributed by atoms with E-state index >= 15 is 0 Å². The molecule has 0 bridgehead atoms. The zero-order valence-electron chi connectivity index (χ0n) is 55.2. The number of quaternary nitrogens is 1. The maximum atomic E-state index is 13.6. The van der Waals surface area contributed by atoms with Crippen molar-refractivity contribution in [1.82, 2.24) is 5.32 Å². The van der Waals surface area contributed by atoms with E-state index in [9.17, 15) is 19.0 Å². The predicted octanol–water partition coefficient (Wildman–Crippen LogP) is 22.1. The quantitative estimate of drug-likeness (QED) is 0.0205. The number of nitrogens with zero attached hydrogens (tertiary/aromatic N) is 1. The Bertz CT molecular complexity index is 1700. The van der Waals surface area contributed by atoms with Gasteiger partial charge in [0.1, 0.15) is 19.3 Å². The van der Waals surface area contributed by atoms with Gasteiger partial charge in [0.25, 0.3) is 0 Å². The van der Waals surface area contributed by atoms with Crippen LogP contribution < -0.4 is 5.32 Å². The number of allylic oxidation sites excluding steroid dienone is 13. The van der Waals surface area contributed by atoms with Crippen LogP contribution in [0.4, 0.5) is 0 Å². The molecule has 0 aromatic rings. The van der Waals surface area contributed by atoms with E-state index in [0.29, 0.717) is 17.4 Å². The number of hydrogen-bond acceptors (Lipinski definition) is 6. The molecule has 0 saturated heterocycles. The number of ether oxygens (including phenoxy) is 1. The van der Waals surface area contributed by atoms with Gasteiger partial charge in [-0.1, -0.05) is 286 Å². The number of amides is 1. The second-order valence-electron chi connectivity index (χ2n) is 24.7. The van der Waals surface area contributed by atoms with E-state index in [0.717, 1.165) is 103 Å². The first-order chi connectivity index (χ1) is 40.4. The third-order valence-corrected chi connectivity index (χ3v) is 16.3. The molecular weight excluding hydrogens is 1050 g/mol. The van der Waals surface area contributed by atoms with Crippen LogP contribution in [0.15, 0.2) is 85.1 Å². The summed E-state index contributed by atoms with van der Waals surface area (Å²) in [6, 6.07) is -0.859. The molecule has 0 radical (unpaired) electrons. The van der Waals surface area contributed by atoms with E-state index in [2.05, 4.69) is 99.0 Å². The Morgan fingerprint density at radius 2 is 0.771 bits per heavy atom. The van der Waals surface area contributed by atoms with Crippen LogP contribution in [-0.2, 0) is 27.9 Å². The lowest BCUT2D eigenvalue weighted by Gasteiger charge is -2.27. The molecule has 0 aromatic heterocycles.